The molecule has 0 radical (unpaired) electrons. The first-order chi connectivity index (χ1) is 5.13. The van der Waals surface area contributed by atoms with E-state index in [1.165, 1.54) is 6.07 Å². The number of aromatic nitrogens is 1. The van der Waals surface area contributed by atoms with Crippen molar-refractivity contribution in [2.24, 2.45) is 0 Å². The molecular weight excluding hydrogens is 150 g/mol. The number of aromatic carboxylic acids is 1. The third-order valence-corrected chi connectivity index (χ3v) is 1.16. The van der Waals surface area contributed by atoms with Crippen molar-refractivity contribution in [3.8, 4) is 5.88 Å². The zero-order valence-electron chi connectivity index (χ0n) is 5.39. The zero-order valence-corrected chi connectivity index (χ0v) is 5.39. The fourth-order valence-electron chi connectivity index (χ4n) is 0.648. The summed E-state index contributed by atoms with van der Waals surface area (Å²) in [6.07, 6.45) is 1.02. The highest BCUT2D eigenvalue weighted by Gasteiger charge is 2.15. The fourth-order valence-corrected chi connectivity index (χ4v) is 0.648. The maximum atomic E-state index is 10.5. The number of carboxylic acids is 1. The Morgan fingerprint density at radius 1 is 1.64 bits per heavy atom. The first-order valence-electron chi connectivity index (χ1n) is 2.77. The van der Waals surface area contributed by atoms with Crippen molar-refractivity contribution < 1.29 is 19.7 Å². The lowest BCUT2D eigenvalue weighted by atomic mass is 10.3. The van der Waals surface area contributed by atoms with Crippen molar-refractivity contribution in [1.82, 2.24) is 0 Å². The molecule has 0 aromatic carbocycles. The van der Waals surface area contributed by atoms with Crippen LogP contribution in [0.25, 0.3) is 0 Å². The number of hydrogen-bond donors (Lipinski definition) is 2. The van der Waals surface area contributed by atoms with Crippen LogP contribution in [0.2, 0.25) is 0 Å². The summed E-state index contributed by atoms with van der Waals surface area (Å²) in [4.78, 5) is 10.3. The maximum Gasteiger partial charge on any atom is 0.391 e. The molecule has 0 aliphatic rings. The van der Waals surface area contributed by atoms with E-state index < -0.39 is 17.4 Å². The summed E-state index contributed by atoms with van der Waals surface area (Å²) >= 11 is 0. The van der Waals surface area contributed by atoms with Crippen LogP contribution >= 0.6 is 0 Å². The Morgan fingerprint density at radius 3 is 2.73 bits per heavy atom. The molecule has 0 fully saturated rings. The van der Waals surface area contributed by atoms with Crippen molar-refractivity contribution in [1.29, 1.82) is 0 Å². The lowest BCUT2D eigenvalue weighted by molar-refractivity contribution is -0.613. The van der Waals surface area contributed by atoms with Crippen LogP contribution in [0, 0.1) is 5.21 Å². The molecular formula is C6H5NO4. The Morgan fingerprint density at radius 2 is 2.27 bits per heavy atom. The highest BCUT2D eigenvalue weighted by atomic mass is 16.5. The van der Waals surface area contributed by atoms with Crippen LogP contribution in [0.1, 0.15) is 10.4 Å². The number of nitrogens with zero attached hydrogens (tertiary/aromatic N) is 1. The molecule has 5 nitrogen and oxygen atoms in total. The van der Waals surface area contributed by atoms with Gasteiger partial charge in [-0.05, 0) is 6.07 Å². The van der Waals surface area contributed by atoms with Crippen LogP contribution in [0.5, 0.6) is 5.88 Å². The average molecular weight is 155 g/mol. The number of aromatic hydroxyl groups is 1. The highest BCUT2D eigenvalue weighted by Crippen LogP contribution is 2.08. The van der Waals surface area contributed by atoms with Crippen molar-refractivity contribution >= 4 is 5.97 Å². The van der Waals surface area contributed by atoms with Gasteiger partial charge in [-0.2, -0.15) is 0 Å². The van der Waals surface area contributed by atoms with E-state index in [2.05, 4.69) is 0 Å². The standard InChI is InChI=1S/C6H5NO4/c8-5-4(6(9)10)2-1-3-7(5)11/h1-3,8H,(H,9,10). The molecule has 0 atom stereocenters. The summed E-state index contributed by atoms with van der Waals surface area (Å²) in [5.74, 6) is -2.12. The highest BCUT2D eigenvalue weighted by molar-refractivity contribution is 5.89. The number of pyridine rings is 1. The van der Waals surface area contributed by atoms with Gasteiger partial charge in [0.25, 0.3) is 0 Å². The van der Waals surface area contributed by atoms with E-state index in [4.69, 9.17) is 10.2 Å². The minimum atomic E-state index is -1.33. The van der Waals surface area contributed by atoms with Gasteiger partial charge in [0.1, 0.15) is 0 Å². The predicted molar refractivity (Wildman–Crippen MR) is 34.0 cm³/mol. The molecule has 0 amide bonds. The van der Waals surface area contributed by atoms with E-state index in [0.717, 1.165) is 12.3 Å². The molecule has 0 bridgehead atoms. The Kier molecular flexibility index (Phi) is 1.63. The average Bonchev–Trinajstić information content (AvgIpc) is 1.94. The SMILES string of the molecule is O=C(O)c1ccc[n+]([O-])c1O. The van der Waals surface area contributed by atoms with E-state index in [9.17, 15) is 10.0 Å². The molecule has 0 aliphatic carbocycles. The van der Waals surface area contributed by atoms with Gasteiger partial charge >= 0.3 is 11.8 Å². The summed E-state index contributed by atoms with van der Waals surface area (Å²) in [5.41, 5.74) is -0.400. The molecule has 2 N–H and O–H groups in total. The van der Waals surface area contributed by atoms with E-state index in [1.807, 2.05) is 0 Å². The summed E-state index contributed by atoms with van der Waals surface area (Å²) in [5, 5.41) is 27.8. The molecule has 1 heterocycles. The Bertz CT molecular complexity index is 297. The van der Waals surface area contributed by atoms with Gasteiger partial charge in [-0.25, -0.2) is 4.79 Å². The van der Waals surface area contributed by atoms with E-state index in [0.29, 0.717) is 0 Å². The Hall–Kier alpha value is -1.78. The fraction of sp³-hybridized carbons (Fsp3) is 0. The van der Waals surface area contributed by atoms with Gasteiger partial charge < -0.3 is 15.4 Å². The number of carbonyl (C=O) groups is 1. The van der Waals surface area contributed by atoms with Crippen LogP contribution in [0.3, 0.4) is 0 Å². The van der Waals surface area contributed by atoms with Crippen LogP contribution in [-0.4, -0.2) is 16.2 Å². The summed E-state index contributed by atoms with van der Waals surface area (Å²) in [6.45, 7) is 0. The Labute approximate surface area is 61.7 Å². The molecule has 0 aliphatic heterocycles. The Balaban J connectivity index is 3.27. The third kappa shape index (κ3) is 1.21. The van der Waals surface area contributed by atoms with Crippen LogP contribution in [0.15, 0.2) is 18.3 Å². The second kappa shape index (κ2) is 2.45. The molecule has 5 heteroatoms. The number of hydrogen-bond acceptors (Lipinski definition) is 3. The minimum Gasteiger partial charge on any atom is -0.616 e. The molecule has 58 valence electrons. The third-order valence-electron chi connectivity index (χ3n) is 1.16. The second-order valence-electron chi connectivity index (χ2n) is 1.88. The molecule has 0 unspecified atom stereocenters. The smallest absolute Gasteiger partial charge is 0.391 e. The topological polar surface area (TPSA) is 84.5 Å². The lowest BCUT2D eigenvalue weighted by Crippen LogP contribution is -2.27. The lowest BCUT2D eigenvalue weighted by Gasteiger charge is -1.98. The summed E-state index contributed by atoms with van der Waals surface area (Å²) < 4.78 is 0.0868. The monoisotopic (exact) mass is 155 g/mol. The molecule has 11 heavy (non-hydrogen) atoms. The second-order valence-corrected chi connectivity index (χ2v) is 1.88. The summed E-state index contributed by atoms with van der Waals surface area (Å²) in [7, 11) is 0. The van der Waals surface area contributed by atoms with Crippen molar-refractivity contribution in [2.45, 2.75) is 0 Å². The van der Waals surface area contributed by atoms with Crippen LogP contribution < -0.4 is 4.73 Å². The van der Waals surface area contributed by atoms with Crippen LogP contribution in [-0.2, 0) is 0 Å². The van der Waals surface area contributed by atoms with Crippen LogP contribution in [0.4, 0.5) is 0 Å². The molecule has 0 spiro atoms. The quantitative estimate of drug-likeness (QED) is 0.431. The maximum absolute atomic E-state index is 10.5. The molecule has 1 aromatic rings. The van der Waals surface area contributed by atoms with Gasteiger partial charge in [-0.3, -0.25) is 0 Å². The van der Waals surface area contributed by atoms with Gasteiger partial charge in [-0.1, -0.05) is 0 Å². The predicted octanol–water partition coefficient (Wildman–Crippen LogP) is -0.276. The summed E-state index contributed by atoms with van der Waals surface area (Å²) in [6, 6.07) is 2.39. The van der Waals surface area contributed by atoms with Gasteiger partial charge in [0.15, 0.2) is 11.8 Å². The zero-order chi connectivity index (χ0) is 8.43. The van der Waals surface area contributed by atoms with Gasteiger partial charge in [-0.15, -0.1) is 4.73 Å². The van der Waals surface area contributed by atoms with Crippen molar-refractivity contribution in [2.75, 3.05) is 0 Å². The molecule has 1 rings (SSSR count). The normalized spacial score (nSPS) is 9.45. The molecule has 0 saturated carbocycles. The number of rotatable bonds is 1. The largest absolute Gasteiger partial charge is 0.616 e. The molecule has 0 saturated heterocycles. The van der Waals surface area contributed by atoms with E-state index in [-0.39, 0.29) is 4.73 Å². The van der Waals surface area contributed by atoms with Crippen molar-refractivity contribution in [3.05, 3.63) is 29.1 Å². The van der Waals surface area contributed by atoms with Gasteiger partial charge in [0.2, 0.25) is 0 Å². The van der Waals surface area contributed by atoms with E-state index >= 15 is 0 Å². The van der Waals surface area contributed by atoms with E-state index in [1.54, 1.807) is 0 Å². The van der Waals surface area contributed by atoms with Gasteiger partial charge in [0.05, 0.1) is 0 Å². The van der Waals surface area contributed by atoms with Crippen molar-refractivity contribution in [3.63, 3.8) is 0 Å². The molecule has 1 aromatic heterocycles. The van der Waals surface area contributed by atoms with Gasteiger partial charge in [0, 0.05) is 6.07 Å². The first-order valence-corrected chi connectivity index (χ1v) is 2.77. The first kappa shape index (κ1) is 7.33. The number of carboxylic acid groups (broad SMARTS) is 1. The minimum absolute atomic E-state index is 0.0868.